The van der Waals surface area contributed by atoms with Gasteiger partial charge in [0.15, 0.2) is 0 Å². The summed E-state index contributed by atoms with van der Waals surface area (Å²) in [5, 5.41) is -0.00540. The van der Waals surface area contributed by atoms with E-state index in [1.54, 1.807) is 7.11 Å². The molecule has 4 heteroatoms. The zero-order valence-corrected chi connectivity index (χ0v) is 17.1. The average molecular weight is 350 g/mol. The number of ether oxygens (including phenoxy) is 2. The molecule has 0 amide bonds. The van der Waals surface area contributed by atoms with Crippen LogP contribution < -0.4 is 9.47 Å². The lowest BCUT2D eigenvalue weighted by Crippen LogP contribution is -2.20. The Labute approximate surface area is 152 Å². The number of hydrogen-bond acceptors (Lipinski definition) is 3. The van der Waals surface area contributed by atoms with Gasteiger partial charge in [0, 0.05) is 21.9 Å². The highest BCUT2D eigenvalue weighted by Gasteiger charge is 2.26. The van der Waals surface area contributed by atoms with Gasteiger partial charge in [0.2, 0.25) is 11.8 Å². The minimum Gasteiger partial charge on any atom is -0.481 e. The highest BCUT2D eigenvalue weighted by molar-refractivity contribution is 6.16. The molecule has 128 valence electrons. The molecule has 0 fully saturated rings. The van der Waals surface area contributed by atoms with E-state index in [-0.39, 0.29) is 5.04 Å². The second kappa shape index (κ2) is 7.11. The molecule has 1 aromatic heterocycles. The topological polar surface area (TPSA) is 31.4 Å². The Balaban J connectivity index is 2.22. The number of methoxy groups -OCH3 is 1. The summed E-state index contributed by atoms with van der Waals surface area (Å²) in [5.74, 6) is 1.94. The first-order chi connectivity index (χ1) is 12.0. The number of aromatic nitrogens is 1. The largest absolute Gasteiger partial charge is 0.481 e. The summed E-state index contributed by atoms with van der Waals surface area (Å²) < 4.78 is 11.6. The first-order valence-corrected chi connectivity index (χ1v) is 9.37. The Morgan fingerprint density at radius 3 is 2.08 bits per heavy atom. The smallest absolute Gasteiger partial charge is 0.226 e. The third-order valence-electron chi connectivity index (χ3n) is 3.96. The van der Waals surface area contributed by atoms with Gasteiger partial charge < -0.3 is 9.47 Å². The normalized spacial score (nSPS) is 11.3. The molecule has 3 aromatic rings. The van der Waals surface area contributed by atoms with E-state index >= 15 is 0 Å². The van der Waals surface area contributed by atoms with E-state index < -0.39 is 0 Å². The van der Waals surface area contributed by atoms with Gasteiger partial charge in [-0.05, 0) is 28.3 Å². The van der Waals surface area contributed by atoms with Crippen molar-refractivity contribution in [1.82, 2.24) is 4.98 Å². The van der Waals surface area contributed by atoms with E-state index in [4.69, 9.17) is 9.47 Å². The van der Waals surface area contributed by atoms with Gasteiger partial charge in [-0.2, -0.15) is 4.98 Å². The Morgan fingerprint density at radius 2 is 1.52 bits per heavy atom. The molecule has 0 radical (unpaired) electrons. The summed E-state index contributed by atoms with van der Waals surface area (Å²) in [4.78, 5) is 4.62. The minimum atomic E-state index is -0.00540. The van der Waals surface area contributed by atoms with Crippen molar-refractivity contribution in [1.29, 1.82) is 0 Å². The zero-order valence-electron chi connectivity index (χ0n) is 15.1. The molecule has 1 heterocycles. The Hall–Kier alpha value is -2.59. The molecule has 0 saturated carbocycles. The van der Waals surface area contributed by atoms with Crippen LogP contribution in [0.3, 0.4) is 0 Å². The van der Waals surface area contributed by atoms with Crippen molar-refractivity contribution in [3.8, 4) is 28.6 Å². The Bertz CT molecular complexity index is 843. The molecule has 0 bridgehead atoms. The van der Waals surface area contributed by atoms with Crippen LogP contribution in [-0.2, 0) is 5.04 Å². The minimum absolute atomic E-state index is 0.00540. The van der Waals surface area contributed by atoms with Crippen LogP contribution in [0.5, 0.6) is 17.5 Å². The summed E-state index contributed by atoms with van der Waals surface area (Å²) in [5.41, 5.74) is 3.37. The Morgan fingerprint density at radius 1 is 0.920 bits per heavy atom. The van der Waals surface area contributed by atoms with E-state index in [0.29, 0.717) is 11.8 Å². The summed E-state index contributed by atoms with van der Waals surface area (Å²) >= 11 is 0. The van der Waals surface area contributed by atoms with Crippen molar-refractivity contribution in [2.24, 2.45) is 0 Å². The molecule has 0 aliphatic rings. The van der Waals surface area contributed by atoms with Crippen molar-refractivity contribution >= 4 is 10.2 Å². The van der Waals surface area contributed by atoms with E-state index in [1.165, 1.54) is 0 Å². The zero-order chi connectivity index (χ0) is 17.9. The van der Waals surface area contributed by atoms with Crippen molar-refractivity contribution < 1.29 is 9.47 Å². The number of rotatable bonds is 5. The van der Waals surface area contributed by atoms with Gasteiger partial charge in [-0.25, -0.2) is 0 Å². The monoisotopic (exact) mass is 349 g/mol. The fourth-order valence-corrected chi connectivity index (χ4v) is 3.33. The van der Waals surface area contributed by atoms with Crippen molar-refractivity contribution in [2.45, 2.75) is 18.9 Å². The van der Waals surface area contributed by atoms with Gasteiger partial charge in [-0.3, -0.25) is 0 Å². The first kappa shape index (κ1) is 17.2. The molecule has 0 unspecified atom stereocenters. The van der Waals surface area contributed by atoms with Gasteiger partial charge >= 0.3 is 0 Å². The van der Waals surface area contributed by atoms with Crippen LogP contribution >= 0.6 is 0 Å². The quantitative estimate of drug-likeness (QED) is 0.649. The molecule has 0 N–H and O–H groups in total. The van der Waals surface area contributed by atoms with Crippen molar-refractivity contribution in [2.75, 3.05) is 7.11 Å². The predicted octanol–water partition coefficient (Wildman–Crippen LogP) is 4.15. The third kappa shape index (κ3) is 3.91. The second-order valence-corrected chi connectivity index (χ2v) is 9.42. The van der Waals surface area contributed by atoms with Gasteiger partial charge in [-0.1, -0.05) is 62.4 Å². The number of pyridine rings is 1. The molecule has 2 aromatic carbocycles. The highest BCUT2D eigenvalue weighted by Crippen LogP contribution is 2.40. The molecule has 0 saturated heterocycles. The number of hydrogen-bond donors (Lipinski definition) is 0. The maximum absolute atomic E-state index is 6.17. The number of benzene rings is 2. The van der Waals surface area contributed by atoms with Crippen LogP contribution in [0.4, 0.5) is 0 Å². The molecule has 25 heavy (non-hydrogen) atoms. The summed E-state index contributed by atoms with van der Waals surface area (Å²) in [6.45, 7) is 4.46. The van der Waals surface area contributed by atoms with E-state index in [1.807, 2.05) is 54.6 Å². The SMILES string of the molecule is COc1cc(-c2ccccc2)c(C(C)(C)[SiH3])c(Oc2ccccc2)n1. The lowest BCUT2D eigenvalue weighted by Gasteiger charge is -2.26. The van der Waals surface area contributed by atoms with Crippen LogP contribution in [0.1, 0.15) is 19.4 Å². The molecule has 0 spiro atoms. The fourth-order valence-electron chi connectivity index (χ4n) is 2.85. The van der Waals surface area contributed by atoms with Crippen LogP contribution in [0, 0.1) is 0 Å². The summed E-state index contributed by atoms with van der Waals surface area (Å²) in [7, 11) is 2.60. The molecule has 0 aliphatic heterocycles. The fraction of sp³-hybridized carbons (Fsp3) is 0.190. The highest BCUT2D eigenvalue weighted by atomic mass is 28.1. The van der Waals surface area contributed by atoms with Crippen LogP contribution in [0.15, 0.2) is 66.7 Å². The lowest BCUT2D eigenvalue weighted by atomic mass is 9.93. The third-order valence-corrected chi connectivity index (χ3v) is 4.46. The number of nitrogens with zero attached hydrogens (tertiary/aromatic N) is 1. The molecule has 0 atom stereocenters. The average Bonchev–Trinajstić information content (AvgIpc) is 2.61. The first-order valence-electron chi connectivity index (χ1n) is 8.37. The van der Waals surface area contributed by atoms with E-state index in [0.717, 1.165) is 32.7 Å². The van der Waals surface area contributed by atoms with Gasteiger partial charge in [0.1, 0.15) is 5.75 Å². The van der Waals surface area contributed by atoms with Gasteiger partial charge in [0.05, 0.1) is 7.11 Å². The van der Waals surface area contributed by atoms with Gasteiger partial charge in [-0.15, -0.1) is 0 Å². The van der Waals surface area contributed by atoms with E-state index in [9.17, 15) is 0 Å². The molecular weight excluding hydrogens is 326 g/mol. The van der Waals surface area contributed by atoms with Crippen molar-refractivity contribution in [3.05, 3.63) is 72.3 Å². The lowest BCUT2D eigenvalue weighted by molar-refractivity contribution is 0.380. The summed E-state index contributed by atoms with van der Waals surface area (Å²) in [6.07, 6.45) is 0. The number of para-hydroxylation sites is 1. The van der Waals surface area contributed by atoms with Crippen LogP contribution in [0.2, 0.25) is 0 Å². The van der Waals surface area contributed by atoms with Crippen LogP contribution in [0.25, 0.3) is 11.1 Å². The standard InChI is InChI=1S/C21H23NO2Si/c1-21(2,25)19-17(15-10-6-4-7-11-15)14-18(23-3)22-20(19)24-16-12-8-5-9-13-16/h4-14H,1-3,25H3. The van der Waals surface area contributed by atoms with E-state index in [2.05, 4.69) is 31.0 Å². The Kier molecular flexibility index (Phi) is 4.90. The van der Waals surface area contributed by atoms with Crippen molar-refractivity contribution in [3.63, 3.8) is 0 Å². The van der Waals surface area contributed by atoms with Crippen LogP contribution in [-0.4, -0.2) is 22.3 Å². The molecular formula is C21H23NO2Si. The maximum Gasteiger partial charge on any atom is 0.226 e. The van der Waals surface area contributed by atoms with Gasteiger partial charge in [0.25, 0.3) is 0 Å². The molecule has 3 nitrogen and oxygen atoms in total. The second-order valence-electron chi connectivity index (χ2n) is 6.92. The molecule has 0 aliphatic carbocycles. The maximum atomic E-state index is 6.17. The molecule has 3 rings (SSSR count). The predicted molar refractivity (Wildman–Crippen MR) is 106 cm³/mol. The summed E-state index contributed by atoms with van der Waals surface area (Å²) in [6, 6.07) is 22.1.